The number of nitrogens with one attached hydrogen (secondary N) is 2. The highest BCUT2D eigenvalue weighted by atomic mass is 16.5. The lowest BCUT2D eigenvalue weighted by Crippen LogP contribution is -2.28. The third-order valence-electron chi connectivity index (χ3n) is 2.12. The molecule has 5 nitrogen and oxygen atoms in total. The summed E-state index contributed by atoms with van der Waals surface area (Å²) in [5.74, 6) is -0.235. The Hall–Kier alpha value is -1.36. The number of amides is 2. The van der Waals surface area contributed by atoms with Gasteiger partial charge in [-0.3, -0.25) is 9.59 Å². The van der Waals surface area contributed by atoms with Crippen molar-refractivity contribution < 1.29 is 14.3 Å². The molecule has 0 heterocycles. The molecule has 0 aliphatic heterocycles. The minimum Gasteiger partial charge on any atom is -0.379 e. The molecule has 0 aromatic heterocycles. The second kappa shape index (κ2) is 10.8. The molecule has 0 fully saturated rings. The van der Waals surface area contributed by atoms with Crippen LogP contribution in [0.5, 0.6) is 0 Å². The fourth-order valence-electron chi connectivity index (χ4n) is 1.21. The molecular weight excluding hydrogens is 232 g/mol. The monoisotopic (exact) mass is 256 g/mol. The Bertz CT molecular complexity index is 265. The van der Waals surface area contributed by atoms with Crippen molar-refractivity contribution in [2.75, 3.05) is 19.7 Å². The molecule has 0 aromatic rings. The van der Waals surface area contributed by atoms with E-state index in [1.807, 2.05) is 13.8 Å². The topological polar surface area (TPSA) is 67.4 Å². The first-order valence-electron chi connectivity index (χ1n) is 6.32. The van der Waals surface area contributed by atoms with Crippen LogP contribution in [-0.4, -0.2) is 37.6 Å². The third-order valence-corrected chi connectivity index (χ3v) is 2.12. The Labute approximate surface area is 109 Å². The fraction of sp³-hybridized carbons (Fsp3) is 0.692. The van der Waals surface area contributed by atoms with Crippen LogP contribution in [0.1, 0.15) is 33.1 Å². The molecule has 0 bridgehead atoms. The molecule has 0 aliphatic carbocycles. The third kappa shape index (κ3) is 11.1. The summed E-state index contributed by atoms with van der Waals surface area (Å²) in [5.41, 5.74) is 0. The van der Waals surface area contributed by atoms with Gasteiger partial charge in [0.25, 0.3) is 0 Å². The van der Waals surface area contributed by atoms with Gasteiger partial charge in [0.2, 0.25) is 11.8 Å². The van der Waals surface area contributed by atoms with E-state index < -0.39 is 0 Å². The molecule has 0 saturated carbocycles. The molecule has 2 amide bonds. The first kappa shape index (κ1) is 16.6. The summed E-state index contributed by atoms with van der Waals surface area (Å²) in [4.78, 5) is 22.6. The summed E-state index contributed by atoms with van der Waals surface area (Å²) >= 11 is 0. The number of carbonyl (C=O) groups is 2. The van der Waals surface area contributed by atoms with E-state index in [1.165, 1.54) is 0 Å². The van der Waals surface area contributed by atoms with Crippen LogP contribution in [0.2, 0.25) is 0 Å². The van der Waals surface area contributed by atoms with E-state index in [9.17, 15) is 9.59 Å². The van der Waals surface area contributed by atoms with Crippen LogP contribution >= 0.6 is 0 Å². The molecule has 0 aromatic carbocycles. The summed E-state index contributed by atoms with van der Waals surface area (Å²) in [6.45, 7) is 9.09. The van der Waals surface area contributed by atoms with Gasteiger partial charge in [-0.05, 0) is 20.3 Å². The van der Waals surface area contributed by atoms with Gasteiger partial charge < -0.3 is 15.4 Å². The van der Waals surface area contributed by atoms with Crippen LogP contribution in [0.4, 0.5) is 0 Å². The summed E-state index contributed by atoms with van der Waals surface area (Å²) in [5, 5.41) is 5.37. The van der Waals surface area contributed by atoms with Gasteiger partial charge in [0.1, 0.15) is 0 Å². The molecular formula is C13H24N2O3. The van der Waals surface area contributed by atoms with Gasteiger partial charge in [-0.1, -0.05) is 6.08 Å². The van der Waals surface area contributed by atoms with E-state index in [4.69, 9.17) is 4.74 Å². The second-order valence-electron chi connectivity index (χ2n) is 4.22. The smallest absolute Gasteiger partial charge is 0.220 e. The average Bonchev–Trinajstić information content (AvgIpc) is 2.33. The summed E-state index contributed by atoms with van der Waals surface area (Å²) in [6.07, 6.45) is 3.03. The van der Waals surface area contributed by atoms with Crippen molar-refractivity contribution in [1.82, 2.24) is 10.6 Å². The van der Waals surface area contributed by atoms with E-state index in [0.717, 1.165) is 6.42 Å². The number of hydrogen-bond acceptors (Lipinski definition) is 3. The molecule has 5 heteroatoms. The van der Waals surface area contributed by atoms with Gasteiger partial charge in [0.15, 0.2) is 0 Å². The standard InChI is InChI=1S/C13H24N2O3/c1-4-8-14-12(16)6-7-13(17)15-9-5-10-18-11(2)3/h4,11H,1,5-10H2,2-3H3,(H,14,16)(H,15,17). The fourth-order valence-corrected chi connectivity index (χ4v) is 1.21. The Morgan fingerprint density at radius 3 is 2.39 bits per heavy atom. The van der Waals surface area contributed by atoms with Crippen LogP contribution in [0.25, 0.3) is 0 Å². The molecule has 18 heavy (non-hydrogen) atoms. The first-order chi connectivity index (χ1) is 8.56. The molecule has 104 valence electrons. The van der Waals surface area contributed by atoms with Gasteiger partial charge in [0, 0.05) is 32.5 Å². The largest absolute Gasteiger partial charge is 0.379 e. The number of carbonyl (C=O) groups excluding carboxylic acids is 2. The van der Waals surface area contributed by atoms with Gasteiger partial charge in [-0.25, -0.2) is 0 Å². The van der Waals surface area contributed by atoms with Gasteiger partial charge in [0.05, 0.1) is 6.10 Å². The van der Waals surface area contributed by atoms with Crippen molar-refractivity contribution in [3.05, 3.63) is 12.7 Å². The SMILES string of the molecule is C=CCNC(=O)CCC(=O)NCCCOC(C)C. The predicted octanol–water partition coefficient (Wildman–Crippen LogP) is 1.00. The number of hydrogen-bond donors (Lipinski definition) is 2. The van der Waals surface area contributed by atoms with Crippen LogP contribution < -0.4 is 10.6 Å². The van der Waals surface area contributed by atoms with Gasteiger partial charge in [-0.2, -0.15) is 0 Å². The normalized spacial score (nSPS) is 10.2. The van der Waals surface area contributed by atoms with Crippen LogP contribution in [-0.2, 0) is 14.3 Å². The quantitative estimate of drug-likeness (QED) is 0.452. The molecule has 0 saturated heterocycles. The summed E-state index contributed by atoms with van der Waals surface area (Å²) in [6, 6.07) is 0. The Balaban J connectivity index is 3.42. The zero-order valence-electron chi connectivity index (χ0n) is 11.3. The first-order valence-corrected chi connectivity index (χ1v) is 6.32. The predicted molar refractivity (Wildman–Crippen MR) is 71.2 cm³/mol. The highest BCUT2D eigenvalue weighted by Crippen LogP contribution is 1.91. The second-order valence-corrected chi connectivity index (χ2v) is 4.22. The number of rotatable bonds is 10. The van der Waals surface area contributed by atoms with E-state index in [2.05, 4.69) is 17.2 Å². The average molecular weight is 256 g/mol. The lowest BCUT2D eigenvalue weighted by molar-refractivity contribution is -0.126. The molecule has 0 aliphatic rings. The maximum absolute atomic E-state index is 11.4. The minimum atomic E-state index is -0.131. The van der Waals surface area contributed by atoms with E-state index in [0.29, 0.717) is 19.7 Å². The van der Waals surface area contributed by atoms with E-state index in [1.54, 1.807) is 6.08 Å². The van der Waals surface area contributed by atoms with E-state index >= 15 is 0 Å². The molecule has 0 rings (SSSR count). The molecule has 0 atom stereocenters. The van der Waals surface area contributed by atoms with Crippen LogP contribution in [0, 0.1) is 0 Å². The molecule has 2 N–H and O–H groups in total. The number of ether oxygens (including phenoxy) is 1. The van der Waals surface area contributed by atoms with Crippen LogP contribution in [0.3, 0.4) is 0 Å². The van der Waals surface area contributed by atoms with Crippen molar-refractivity contribution >= 4 is 11.8 Å². The zero-order chi connectivity index (χ0) is 13.8. The van der Waals surface area contributed by atoms with Gasteiger partial charge >= 0.3 is 0 Å². The highest BCUT2D eigenvalue weighted by molar-refractivity contribution is 5.83. The maximum Gasteiger partial charge on any atom is 0.220 e. The van der Waals surface area contributed by atoms with Crippen molar-refractivity contribution in [2.24, 2.45) is 0 Å². The van der Waals surface area contributed by atoms with E-state index in [-0.39, 0.29) is 30.8 Å². The zero-order valence-corrected chi connectivity index (χ0v) is 11.3. The van der Waals surface area contributed by atoms with Crippen molar-refractivity contribution in [3.63, 3.8) is 0 Å². The Morgan fingerprint density at radius 1 is 1.22 bits per heavy atom. The lowest BCUT2D eigenvalue weighted by atomic mass is 10.2. The summed E-state index contributed by atoms with van der Waals surface area (Å²) in [7, 11) is 0. The van der Waals surface area contributed by atoms with Crippen molar-refractivity contribution in [1.29, 1.82) is 0 Å². The molecule has 0 radical (unpaired) electrons. The molecule has 0 spiro atoms. The van der Waals surface area contributed by atoms with Gasteiger partial charge in [-0.15, -0.1) is 6.58 Å². The van der Waals surface area contributed by atoms with Crippen LogP contribution in [0.15, 0.2) is 12.7 Å². The lowest BCUT2D eigenvalue weighted by Gasteiger charge is -2.08. The Kier molecular flexibility index (Phi) is 9.96. The van der Waals surface area contributed by atoms with Crippen molar-refractivity contribution in [2.45, 2.75) is 39.2 Å². The maximum atomic E-state index is 11.4. The summed E-state index contributed by atoms with van der Waals surface area (Å²) < 4.78 is 5.34. The Morgan fingerprint density at radius 2 is 1.83 bits per heavy atom. The highest BCUT2D eigenvalue weighted by Gasteiger charge is 2.05. The van der Waals surface area contributed by atoms with Crippen molar-refractivity contribution in [3.8, 4) is 0 Å². The minimum absolute atomic E-state index is 0.103. The molecule has 0 unspecified atom stereocenters.